The number of carbonyl (C=O) groups excluding carboxylic acids is 1. The zero-order valence-corrected chi connectivity index (χ0v) is 12.8. The van der Waals surface area contributed by atoms with Crippen molar-refractivity contribution in [2.75, 3.05) is 0 Å². The van der Waals surface area contributed by atoms with E-state index in [9.17, 15) is 9.18 Å². The van der Waals surface area contributed by atoms with Crippen molar-refractivity contribution < 1.29 is 9.18 Å². The highest BCUT2D eigenvalue weighted by Gasteiger charge is 2.24. The molecule has 4 rings (SSSR count). The van der Waals surface area contributed by atoms with Crippen LogP contribution in [0, 0.1) is 5.82 Å². The molecule has 0 atom stereocenters. The Morgan fingerprint density at radius 2 is 1.80 bits per heavy atom. The summed E-state index contributed by atoms with van der Waals surface area (Å²) in [7, 11) is 0. The van der Waals surface area contributed by atoms with E-state index in [0.717, 1.165) is 0 Å². The van der Waals surface area contributed by atoms with Gasteiger partial charge in [-0.3, -0.25) is 14.3 Å². The van der Waals surface area contributed by atoms with Gasteiger partial charge in [0.2, 0.25) is 0 Å². The zero-order valence-electron chi connectivity index (χ0n) is 12.8. The normalized spacial score (nSPS) is 10.8. The van der Waals surface area contributed by atoms with Gasteiger partial charge < -0.3 is 0 Å². The molecule has 8 heteroatoms. The first-order chi connectivity index (χ1) is 12.3. The molecule has 0 amide bonds. The SMILES string of the molecule is O=C(c1nnn(-c2ccccc2F)c1-c1ccncc1)n1ccnc1. The van der Waals surface area contributed by atoms with Crippen LogP contribution in [0.3, 0.4) is 0 Å². The van der Waals surface area contributed by atoms with Crippen LogP contribution >= 0.6 is 0 Å². The average molecular weight is 334 g/mol. The quantitative estimate of drug-likeness (QED) is 0.575. The maximum Gasteiger partial charge on any atom is 0.285 e. The van der Waals surface area contributed by atoms with Gasteiger partial charge in [-0.15, -0.1) is 5.10 Å². The third-order valence-electron chi connectivity index (χ3n) is 3.65. The van der Waals surface area contributed by atoms with Crippen LogP contribution in [0.15, 0.2) is 67.5 Å². The van der Waals surface area contributed by atoms with Crippen LogP contribution in [0.5, 0.6) is 0 Å². The molecular formula is C17H11FN6O. The molecule has 0 unspecified atom stereocenters. The number of carbonyl (C=O) groups is 1. The van der Waals surface area contributed by atoms with E-state index in [1.54, 1.807) is 42.7 Å². The fourth-order valence-electron chi connectivity index (χ4n) is 2.49. The van der Waals surface area contributed by atoms with Gasteiger partial charge in [-0.2, -0.15) is 0 Å². The molecule has 3 aromatic heterocycles. The van der Waals surface area contributed by atoms with E-state index in [4.69, 9.17) is 0 Å². The number of pyridine rings is 1. The zero-order chi connectivity index (χ0) is 17.2. The van der Waals surface area contributed by atoms with Crippen LogP contribution in [0.1, 0.15) is 10.5 Å². The molecule has 0 spiro atoms. The number of nitrogens with zero attached hydrogens (tertiary/aromatic N) is 6. The number of benzene rings is 1. The number of rotatable bonds is 3. The van der Waals surface area contributed by atoms with Crippen molar-refractivity contribution in [3.8, 4) is 16.9 Å². The number of halogens is 1. The van der Waals surface area contributed by atoms with Crippen LogP contribution < -0.4 is 0 Å². The predicted octanol–water partition coefficient (Wildman–Crippen LogP) is 2.35. The minimum absolute atomic E-state index is 0.0902. The average Bonchev–Trinajstić information content (AvgIpc) is 3.32. The highest BCUT2D eigenvalue weighted by Crippen LogP contribution is 2.26. The Kier molecular flexibility index (Phi) is 3.62. The van der Waals surface area contributed by atoms with Gasteiger partial charge in [0.1, 0.15) is 23.5 Å². The maximum absolute atomic E-state index is 14.3. The lowest BCUT2D eigenvalue weighted by Gasteiger charge is -2.08. The molecular weight excluding hydrogens is 323 g/mol. The van der Waals surface area contributed by atoms with E-state index in [1.165, 1.54) is 34.0 Å². The molecule has 4 aromatic rings. The Bertz CT molecular complexity index is 1030. The summed E-state index contributed by atoms with van der Waals surface area (Å²) < 4.78 is 16.9. The minimum Gasteiger partial charge on any atom is -0.271 e. The first kappa shape index (κ1) is 14.9. The third-order valence-corrected chi connectivity index (χ3v) is 3.65. The molecule has 1 aromatic carbocycles. The summed E-state index contributed by atoms with van der Waals surface area (Å²) in [5, 5.41) is 8.00. The summed E-state index contributed by atoms with van der Waals surface area (Å²) in [6.07, 6.45) is 7.55. The first-order valence-electron chi connectivity index (χ1n) is 7.39. The lowest BCUT2D eigenvalue weighted by molar-refractivity contribution is 0.0955. The number of hydrogen-bond acceptors (Lipinski definition) is 5. The van der Waals surface area contributed by atoms with Crippen molar-refractivity contribution in [2.24, 2.45) is 0 Å². The Balaban J connectivity index is 1.95. The second-order valence-corrected chi connectivity index (χ2v) is 5.16. The summed E-state index contributed by atoms with van der Waals surface area (Å²) in [6.45, 7) is 0. The standard InChI is InChI=1S/C17H11FN6O/c18-13-3-1-2-4-14(13)24-16(12-5-7-19-8-6-12)15(21-22-24)17(25)23-10-9-20-11-23/h1-11H. The van der Waals surface area contributed by atoms with Gasteiger partial charge in [0.15, 0.2) is 5.69 Å². The molecule has 0 N–H and O–H groups in total. The van der Waals surface area contributed by atoms with Gasteiger partial charge >= 0.3 is 0 Å². The van der Waals surface area contributed by atoms with Gasteiger partial charge in [0.25, 0.3) is 5.91 Å². The number of aromatic nitrogens is 6. The molecule has 0 aliphatic carbocycles. The van der Waals surface area contributed by atoms with E-state index < -0.39 is 11.7 Å². The Hall–Kier alpha value is -3.68. The van der Waals surface area contributed by atoms with Crippen molar-refractivity contribution in [1.82, 2.24) is 29.5 Å². The second-order valence-electron chi connectivity index (χ2n) is 5.16. The van der Waals surface area contributed by atoms with Crippen LogP contribution in [-0.2, 0) is 0 Å². The van der Waals surface area contributed by atoms with Gasteiger partial charge in [-0.1, -0.05) is 17.3 Å². The lowest BCUT2D eigenvalue weighted by atomic mass is 10.1. The molecule has 3 heterocycles. The highest BCUT2D eigenvalue weighted by atomic mass is 19.1. The predicted molar refractivity (Wildman–Crippen MR) is 86.5 cm³/mol. The Morgan fingerprint density at radius 3 is 2.52 bits per heavy atom. The smallest absolute Gasteiger partial charge is 0.271 e. The van der Waals surface area contributed by atoms with E-state index >= 15 is 0 Å². The first-order valence-corrected chi connectivity index (χ1v) is 7.39. The maximum atomic E-state index is 14.3. The number of hydrogen-bond donors (Lipinski definition) is 0. The largest absolute Gasteiger partial charge is 0.285 e. The molecule has 7 nitrogen and oxygen atoms in total. The highest BCUT2D eigenvalue weighted by molar-refractivity contribution is 5.99. The fourth-order valence-corrected chi connectivity index (χ4v) is 2.49. The van der Waals surface area contributed by atoms with Gasteiger partial charge in [0.05, 0.1) is 0 Å². The van der Waals surface area contributed by atoms with E-state index in [1.807, 2.05) is 0 Å². The van der Waals surface area contributed by atoms with E-state index in [2.05, 4.69) is 20.3 Å². The van der Waals surface area contributed by atoms with Crippen molar-refractivity contribution in [3.63, 3.8) is 0 Å². The monoisotopic (exact) mass is 334 g/mol. The summed E-state index contributed by atoms with van der Waals surface area (Å²) in [4.78, 5) is 20.6. The molecule has 0 radical (unpaired) electrons. The molecule has 0 aliphatic rings. The molecule has 0 fully saturated rings. The topological polar surface area (TPSA) is 78.5 Å². The lowest BCUT2D eigenvalue weighted by Crippen LogP contribution is -2.12. The Morgan fingerprint density at radius 1 is 1.00 bits per heavy atom. The summed E-state index contributed by atoms with van der Waals surface area (Å²) in [5.41, 5.74) is 1.32. The van der Waals surface area contributed by atoms with Crippen LogP contribution in [-0.4, -0.2) is 35.4 Å². The van der Waals surface area contributed by atoms with E-state index in [0.29, 0.717) is 11.3 Å². The van der Waals surface area contributed by atoms with Gasteiger partial charge in [0, 0.05) is 30.4 Å². The molecule has 0 aliphatic heterocycles. The molecule has 0 bridgehead atoms. The van der Waals surface area contributed by atoms with Crippen molar-refractivity contribution in [1.29, 1.82) is 0 Å². The minimum atomic E-state index is -0.468. The second kappa shape index (κ2) is 6.08. The summed E-state index contributed by atoms with van der Waals surface area (Å²) in [5.74, 6) is -0.878. The van der Waals surface area contributed by atoms with Crippen molar-refractivity contribution >= 4 is 5.91 Å². The molecule has 122 valence electrons. The number of imidazole rings is 1. The summed E-state index contributed by atoms with van der Waals surface area (Å²) >= 11 is 0. The fraction of sp³-hybridized carbons (Fsp3) is 0. The van der Waals surface area contributed by atoms with Crippen molar-refractivity contribution in [3.05, 3.63) is 79.0 Å². The van der Waals surface area contributed by atoms with Gasteiger partial charge in [-0.05, 0) is 24.3 Å². The van der Waals surface area contributed by atoms with E-state index in [-0.39, 0.29) is 11.4 Å². The molecule has 0 saturated carbocycles. The van der Waals surface area contributed by atoms with Gasteiger partial charge in [-0.25, -0.2) is 14.1 Å². The summed E-state index contributed by atoms with van der Waals surface area (Å²) in [6, 6.07) is 9.58. The number of para-hydroxylation sites is 1. The third kappa shape index (κ3) is 2.59. The molecule has 0 saturated heterocycles. The van der Waals surface area contributed by atoms with Crippen LogP contribution in [0.4, 0.5) is 4.39 Å². The van der Waals surface area contributed by atoms with Crippen molar-refractivity contribution in [2.45, 2.75) is 0 Å². The van der Waals surface area contributed by atoms with Crippen LogP contribution in [0.2, 0.25) is 0 Å². The van der Waals surface area contributed by atoms with Crippen LogP contribution in [0.25, 0.3) is 16.9 Å². The Labute approximate surface area is 141 Å². The molecule has 25 heavy (non-hydrogen) atoms.